The molecule has 0 saturated heterocycles. The van der Waals surface area contributed by atoms with Crippen LogP contribution in [0.4, 0.5) is 4.39 Å². The van der Waals surface area contributed by atoms with Crippen molar-refractivity contribution >= 4 is 5.97 Å². The number of methoxy groups -OCH3 is 1. The first-order valence-corrected chi connectivity index (χ1v) is 10.6. The van der Waals surface area contributed by atoms with Crippen LogP contribution in [0.5, 0.6) is 5.75 Å². The van der Waals surface area contributed by atoms with Gasteiger partial charge in [-0.1, -0.05) is 12.1 Å². The highest BCUT2D eigenvalue weighted by Gasteiger charge is 2.29. The van der Waals surface area contributed by atoms with Crippen molar-refractivity contribution in [3.8, 4) is 39.5 Å². The van der Waals surface area contributed by atoms with Crippen LogP contribution in [0, 0.1) is 5.82 Å². The lowest BCUT2D eigenvalue weighted by atomic mass is 9.91. The van der Waals surface area contributed by atoms with Crippen LogP contribution >= 0.6 is 0 Å². The Morgan fingerprint density at radius 2 is 1.91 bits per heavy atom. The molecule has 1 aliphatic rings. The maximum atomic E-state index is 13.6. The Bertz CT molecular complexity index is 1360. The molecule has 0 bridgehead atoms. The highest BCUT2D eigenvalue weighted by molar-refractivity contribution is 5.96. The van der Waals surface area contributed by atoms with Gasteiger partial charge in [-0.15, -0.1) is 10.2 Å². The predicted molar refractivity (Wildman–Crippen MR) is 119 cm³/mol. The van der Waals surface area contributed by atoms with Gasteiger partial charge < -0.3 is 14.0 Å². The van der Waals surface area contributed by atoms with E-state index in [2.05, 4.69) is 15.4 Å². The highest BCUT2D eigenvalue weighted by atomic mass is 19.1. The van der Waals surface area contributed by atoms with E-state index in [1.54, 1.807) is 33.2 Å². The summed E-state index contributed by atoms with van der Waals surface area (Å²) < 4.78 is 26.5. The fourth-order valence-electron chi connectivity index (χ4n) is 4.31. The summed E-state index contributed by atoms with van der Waals surface area (Å²) in [5, 5.41) is 12.4. The molecule has 8 nitrogen and oxygen atoms in total. The van der Waals surface area contributed by atoms with Gasteiger partial charge in [-0.3, -0.25) is 0 Å². The van der Waals surface area contributed by atoms with E-state index in [0.717, 1.165) is 27.9 Å². The quantitative estimate of drug-likeness (QED) is 0.432. The molecule has 0 N–H and O–H groups in total. The fraction of sp³-hybridized carbons (Fsp3) is 0.250. The summed E-state index contributed by atoms with van der Waals surface area (Å²) in [6, 6.07) is 12.0. The molecule has 0 amide bonds. The Hall–Kier alpha value is -4.01. The molecule has 0 radical (unpaired) electrons. The van der Waals surface area contributed by atoms with E-state index in [4.69, 9.17) is 9.47 Å². The fourth-order valence-corrected chi connectivity index (χ4v) is 4.31. The Morgan fingerprint density at radius 3 is 2.58 bits per heavy atom. The number of nitrogens with zero attached hydrogens (tertiary/aromatic N) is 5. The third kappa shape index (κ3) is 3.55. The molecular weight excluding hydrogens is 425 g/mol. The number of tetrazole rings is 1. The number of ether oxygens (including phenoxy) is 2. The van der Waals surface area contributed by atoms with Gasteiger partial charge >= 0.3 is 5.97 Å². The lowest BCUT2D eigenvalue weighted by molar-refractivity contribution is 0.0514. The number of aromatic nitrogens is 5. The van der Waals surface area contributed by atoms with E-state index < -0.39 is 0 Å². The van der Waals surface area contributed by atoms with Crippen LogP contribution < -0.4 is 4.74 Å². The Morgan fingerprint density at radius 1 is 1.12 bits per heavy atom. The standard InChI is InChI=1S/C24H22FN5O3/c1-4-33-24(31)20-13-18(14-5-7-16(25)8-6-14)22-17-12-19(23-26-28-29(2)27-23)21(32-3)11-15(17)9-10-30(20)22/h5-8,11-13H,4,9-10H2,1-3H3. The second kappa shape index (κ2) is 8.16. The van der Waals surface area contributed by atoms with Gasteiger partial charge in [0.2, 0.25) is 5.82 Å². The summed E-state index contributed by atoms with van der Waals surface area (Å²) >= 11 is 0. The van der Waals surface area contributed by atoms with Crippen LogP contribution in [0.3, 0.4) is 0 Å². The summed E-state index contributed by atoms with van der Waals surface area (Å²) in [7, 11) is 3.31. The van der Waals surface area contributed by atoms with Crippen molar-refractivity contribution in [1.82, 2.24) is 24.8 Å². The number of benzene rings is 2. The Kier molecular flexibility index (Phi) is 5.16. The average Bonchev–Trinajstić information content (AvgIpc) is 3.43. The number of aryl methyl sites for hydroxylation is 2. The van der Waals surface area contributed by atoms with Crippen molar-refractivity contribution in [2.45, 2.75) is 19.9 Å². The summed E-state index contributed by atoms with van der Waals surface area (Å²) in [6.45, 7) is 2.66. The number of hydrogen-bond acceptors (Lipinski definition) is 6. The first kappa shape index (κ1) is 20.9. The zero-order valence-electron chi connectivity index (χ0n) is 18.5. The number of esters is 1. The Balaban J connectivity index is 1.77. The third-order valence-electron chi connectivity index (χ3n) is 5.77. The maximum absolute atomic E-state index is 13.6. The van der Waals surface area contributed by atoms with Crippen LogP contribution in [0.2, 0.25) is 0 Å². The summed E-state index contributed by atoms with van der Waals surface area (Å²) in [5.41, 5.74) is 5.65. The van der Waals surface area contributed by atoms with Gasteiger partial charge in [-0.2, -0.15) is 4.80 Å². The number of hydrogen-bond donors (Lipinski definition) is 0. The molecule has 0 saturated carbocycles. The molecule has 1 aliphatic heterocycles. The van der Waals surface area contributed by atoms with Gasteiger partial charge in [0.25, 0.3) is 0 Å². The molecule has 0 unspecified atom stereocenters. The second-order valence-corrected chi connectivity index (χ2v) is 7.73. The minimum absolute atomic E-state index is 0.279. The molecule has 2 aromatic carbocycles. The lowest BCUT2D eigenvalue weighted by Crippen LogP contribution is -2.17. The van der Waals surface area contributed by atoms with E-state index in [-0.39, 0.29) is 18.4 Å². The molecule has 168 valence electrons. The molecular formula is C24H22FN5O3. The first-order valence-electron chi connectivity index (χ1n) is 10.6. The monoisotopic (exact) mass is 447 g/mol. The normalized spacial score (nSPS) is 12.2. The van der Waals surface area contributed by atoms with Gasteiger partial charge in [0.05, 0.1) is 32.0 Å². The van der Waals surface area contributed by atoms with Crippen LogP contribution in [-0.4, -0.2) is 44.5 Å². The molecule has 0 fully saturated rings. The van der Waals surface area contributed by atoms with Crippen LogP contribution in [0.1, 0.15) is 23.0 Å². The average molecular weight is 447 g/mol. The predicted octanol–water partition coefficient (Wildman–Crippen LogP) is 3.89. The zero-order valence-corrected chi connectivity index (χ0v) is 18.5. The maximum Gasteiger partial charge on any atom is 0.354 e. The van der Waals surface area contributed by atoms with Gasteiger partial charge in [0, 0.05) is 17.7 Å². The van der Waals surface area contributed by atoms with Crippen LogP contribution in [0.25, 0.3) is 33.8 Å². The Labute approximate surface area is 189 Å². The van der Waals surface area contributed by atoms with Gasteiger partial charge in [0.1, 0.15) is 17.3 Å². The minimum Gasteiger partial charge on any atom is -0.496 e. The molecule has 2 aromatic heterocycles. The van der Waals surface area contributed by atoms with Crippen molar-refractivity contribution < 1.29 is 18.7 Å². The van der Waals surface area contributed by atoms with Crippen molar-refractivity contribution in [2.24, 2.45) is 7.05 Å². The lowest BCUT2D eigenvalue weighted by Gasteiger charge is -2.24. The van der Waals surface area contributed by atoms with Crippen molar-refractivity contribution in [2.75, 3.05) is 13.7 Å². The smallest absolute Gasteiger partial charge is 0.354 e. The van der Waals surface area contributed by atoms with Crippen molar-refractivity contribution in [3.05, 3.63) is 59.5 Å². The highest BCUT2D eigenvalue weighted by Crippen LogP contribution is 2.44. The summed E-state index contributed by atoms with van der Waals surface area (Å²) in [5.74, 6) is 0.379. The summed E-state index contributed by atoms with van der Waals surface area (Å²) in [4.78, 5) is 14.2. The largest absolute Gasteiger partial charge is 0.496 e. The molecule has 4 aromatic rings. The van der Waals surface area contributed by atoms with E-state index in [1.807, 2.05) is 22.8 Å². The van der Waals surface area contributed by atoms with Crippen molar-refractivity contribution in [1.29, 1.82) is 0 Å². The number of carbonyl (C=O) groups is 1. The molecule has 5 rings (SSSR count). The van der Waals surface area contributed by atoms with E-state index >= 15 is 0 Å². The van der Waals surface area contributed by atoms with Gasteiger partial charge in [0.15, 0.2) is 0 Å². The van der Waals surface area contributed by atoms with Crippen LogP contribution in [0.15, 0.2) is 42.5 Å². The SMILES string of the molecule is CCOC(=O)c1cc(-c2ccc(F)cc2)c2n1CCc1cc(OC)c(-c3nnn(C)n3)cc1-2. The molecule has 33 heavy (non-hydrogen) atoms. The van der Waals surface area contributed by atoms with Crippen molar-refractivity contribution in [3.63, 3.8) is 0 Å². The number of fused-ring (bicyclic) bond motifs is 3. The molecule has 0 spiro atoms. The first-order chi connectivity index (χ1) is 16.0. The van der Waals surface area contributed by atoms with E-state index in [9.17, 15) is 9.18 Å². The topological polar surface area (TPSA) is 84.1 Å². The third-order valence-corrected chi connectivity index (χ3v) is 5.77. The molecule has 3 heterocycles. The van der Waals surface area contributed by atoms with Gasteiger partial charge in [-0.05, 0) is 60.0 Å². The number of halogens is 1. The minimum atomic E-state index is -0.389. The summed E-state index contributed by atoms with van der Waals surface area (Å²) in [6.07, 6.45) is 0.705. The molecule has 0 atom stereocenters. The van der Waals surface area contributed by atoms with Gasteiger partial charge in [-0.25, -0.2) is 9.18 Å². The molecule has 0 aliphatic carbocycles. The number of rotatable bonds is 5. The number of carbonyl (C=O) groups excluding carboxylic acids is 1. The van der Waals surface area contributed by atoms with E-state index in [1.165, 1.54) is 16.9 Å². The zero-order chi connectivity index (χ0) is 23.1. The van der Waals surface area contributed by atoms with E-state index in [0.29, 0.717) is 35.8 Å². The van der Waals surface area contributed by atoms with Crippen LogP contribution in [-0.2, 0) is 24.8 Å². The second-order valence-electron chi connectivity index (χ2n) is 7.73. The molecule has 9 heteroatoms.